The molecule has 3 heteroatoms. The molecule has 0 unspecified atom stereocenters. The summed E-state index contributed by atoms with van der Waals surface area (Å²) in [5.41, 5.74) is 2.60. The number of thioether (sulfide) groups is 1. The molecular weight excluding hydrogens is 192 g/mol. The molecule has 1 aromatic carbocycles. The van der Waals surface area contributed by atoms with E-state index in [0.717, 1.165) is 13.1 Å². The second kappa shape index (κ2) is 4.05. The maximum atomic E-state index is 4.23. The van der Waals surface area contributed by atoms with Gasteiger partial charge in [0.05, 0.1) is 18.6 Å². The topological polar surface area (TPSA) is 15.6 Å². The Bertz CT molecular complexity index is 360. The molecule has 2 rings (SSSR count). The SMILES string of the molecule is CSc1cc(C)ccc1N1C=NCC1. The molecule has 2 nitrogen and oxygen atoms in total. The zero-order chi connectivity index (χ0) is 9.97. The largest absolute Gasteiger partial charge is 0.330 e. The molecule has 0 bridgehead atoms. The Labute approximate surface area is 89.0 Å². The third-order valence-electron chi connectivity index (χ3n) is 2.34. The smallest absolute Gasteiger partial charge is 0.0896 e. The molecule has 0 N–H and O–H groups in total. The summed E-state index contributed by atoms with van der Waals surface area (Å²) in [7, 11) is 0. The lowest BCUT2D eigenvalue weighted by molar-refractivity contribution is 1.01. The van der Waals surface area contributed by atoms with Crippen LogP contribution in [0, 0.1) is 6.92 Å². The molecule has 74 valence electrons. The van der Waals surface area contributed by atoms with Gasteiger partial charge in [-0.3, -0.25) is 4.99 Å². The van der Waals surface area contributed by atoms with Crippen molar-refractivity contribution in [1.29, 1.82) is 0 Å². The zero-order valence-electron chi connectivity index (χ0n) is 8.53. The minimum atomic E-state index is 0.918. The highest BCUT2D eigenvalue weighted by atomic mass is 32.2. The van der Waals surface area contributed by atoms with E-state index < -0.39 is 0 Å². The third-order valence-corrected chi connectivity index (χ3v) is 3.10. The van der Waals surface area contributed by atoms with Crippen molar-refractivity contribution in [2.45, 2.75) is 11.8 Å². The molecule has 14 heavy (non-hydrogen) atoms. The van der Waals surface area contributed by atoms with Gasteiger partial charge in [0.2, 0.25) is 0 Å². The van der Waals surface area contributed by atoms with Crippen LogP contribution in [0.1, 0.15) is 5.56 Å². The van der Waals surface area contributed by atoms with E-state index in [1.807, 2.05) is 6.34 Å². The fourth-order valence-electron chi connectivity index (χ4n) is 1.58. The predicted octanol–water partition coefficient (Wildman–Crippen LogP) is 2.57. The Kier molecular flexibility index (Phi) is 2.77. The van der Waals surface area contributed by atoms with Crippen LogP contribution in [-0.4, -0.2) is 25.7 Å². The van der Waals surface area contributed by atoms with E-state index in [1.54, 1.807) is 11.8 Å². The fourth-order valence-corrected chi connectivity index (χ4v) is 2.28. The number of benzene rings is 1. The minimum absolute atomic E-state index is 0.918. The molecule has 0 spiro atoms. The van der Waals surface area contributed by atoms with Crippen molar-refractivity contribution < 1.29 is 0 Å². The lowest BCUT2D eigenvalue weighted by Gasteiger charge is -2.17. The first-order chi connectivity index (χ1) is 6.81. The minimum Gasteiger partial charge on any atom is -0.330 e. The van der Waals surface area contributed by atoms with Crippen molar-refractivity contribution in [2.24, 2.45) is 4.99 Å². The molecule has 0 atom stereocenters. The Hall–Kier alpha value is -0.960. The summed E-state index contributed by atoms with van der Waals surface area (Å²) in [6.45, 7) is 4.06. The van der Waals surface area contributed by atoms with E-state index in [2.05, 4.69) is 41.3 Å². The Morgan fingerprint density at radius 2 is 2.29 bits per heavy atom. The van der Waals surface area contributed by atoms with Gasteiger partial charge < -0.3 is 4.90 Å². The Morgan fingerprint density at radius 1 is 1.43 bits per heavy atom. The molecule has 1 aliphatic heterocycles. The van der Waals surface area contributed by atoms with Gasteiger partial charge >= 0.3 is 0 Å². The summed E-state index contributed by atoms with van der Waals surface area (Å²) in [5, 5.41) is 0. The van der Waals surface area contributed by atoms with Crippen LogP contribution in [0.25, 0.3) is 0 Å². The maximum Gasteiger partial charge on any atom is 0.0896 e. The van der Waals surface area contributed by atoms with Crippen molar-refractivity contribution in [2.75, 3.05) is 24.2 Å². The quantitative estimate of drug-likeness (QED) is 0.691. The van der Waals surface area contributed by atoms with Gasteiger partial charge in [0.15, 0.2) is 0 Å². The number of aryl methyl sites for hydroxylation is 1. The van der Waals surface area contributed by atoms with E-state index in [0.29, 0.717) is 0 Å². The average molecular weight is 206 g/mol. The zero-order valence-corrected chi connectivity index (χ0v) is 9.34. The number of rotatable bonds is 2. The first kappa shape index (κ1) is 9.59. The second-order valence-corrected chi connectivity index (χ2v) is 4.24. The number of aliphatic imine (C=N–C) groups is 1. The number of hydrogen-bond donors (Lipinski definition) is 0. The van der Waals surface area contributed by atoms with E-state index in [-0.39, 0.29) is 0 Å². The lowest BCUT2D eigenvalue weighted by Crippen LogP contribution is -2.18. The van der Waals surface area contributed by atoms with Gasteiger partial charge in [-0.25, -0.2) is 0 Å². The van der Waals surface area contributed by atoms with Gasteiger partial charge in [0.1, 0.15) is 0 Å². The summed E-state index contributed by atoms with van der Waals surface area (Å²) in [6.07, 6.45) is 4.05. The molecule has 0 aromatic heterocycles. The second-order valence-electron chi connectivity index (χ2n) is 3.39. The van der Waals surface area contributed by atoms with Gasteiger partial charge in [-0.05, 0) is 30.9 Å². The lowest BCUT2D eigenvalue weighted by atomic mass is 10.2. The van der Waals surface area contributed by atoms with Crippen LogP contribution in [0.4, 0.5) is 5.69 Å². The Balaban J connectivity index is 2.36. The van der Waals surface area contributed by atoms with Gasteiger partial charge in [0, 0.05) is 11.4 Å². The first-order valence-electron chi connectivity index (χ1n) is 4.72. The summed E-state index contributed by atoms with van der Waals surface area (Å²) >= 11 is 1.79. The number of anilines is 1. The van der Waals surface area contributed by atoms with Crippen LogP contribution in [-0.2, 0) is 0 Å². The van der Waals surface area contributed by atoms with Gasteiger partial charge in [-0.15, -0.1) is 11.8 Å². The van der Waals surface area contributed by atoms with Gasteiger partial charge in [-0.2, -0.15) is 0 Å². The highest BCUT2D eigenvalue weighted by Crippen LogP contribution is 2.29. The molecule has 0 saturated carbocycles. The summed E-state index contributed by atoms with van der Waals surface area (Å²) in [4.78, 5) is 7.78. The van der Waals surface area contributed by atoms with Crippen LogP contribution >= 0.6 is 11.8 Å². The highest BCUT2D eigenvalue weighted by Gasteiger charge is 2.11. The summed E-state index contributed by atoms with van der Waals surface area (Å²) < 4.78 is 0. The standard InChI is InChI=1S/C11H14N2S/c1-9-3-4-10(11(7-9)14-2)13-6-5-12-8-13/h3-4,7-8H,5-6H2,1-2H3. The van der Waals surface area contributed by atoms with Crippen molar-refractivity contribution in [1.82, 2.24) is 0 Å². The number of hydrogen-bond acceptors (Lipinski definition) is 3. The Morgan fingerprint density at radius 3 is 2.93 bits per heavy atom. The van der Waals surface area contributed by atoms with Crippen molar-refractivity contribution in [3.8, 4) is 0 Å². The van der Waals surface area contributed by atoms with Gasteiger partial charge in [-0.1, -0.05) is 6.07 Å². The molecular formula is C11H14N2S. The molecule has 0 fully saturated rings. The highest BCUT2D eigenvalue weighted by molar-refractivity contribution is 7.98. The van der Waals surface area contributed by atoms with Crippen LogP contribution in [0.2, 0.25) is 0 Å². The monoisotopic (exact) mass is 206 g/mol. The fraction of sp³-hybridized carbons (Fsp3) is 0.364. The average Bonchev–Trinajstić information content (AvgIpc) is 2.70. The van der Waals surface area contributed by atoms with Crippen molar-refractivity contribution >= 4 is 23.8 Å². The molecule has 0 amide bonds. The third kappa shape index (κ3) is 1.77. The van der Waals surface area contributed by atoms with E-state index in [1.165, 1.54) is 16.1 Å². The van der Waals surface area contributed by atoms with E-state index in [9.17, 15) is 0 Å². The molecule has 1 aliphatic rings. The van der Waals surface area contributed by atoms with Crippen LogP contribution in [0.3, 0.4) is 0 Å². The van der Waals surface area contributed by atoms with Crippen LogP contribution < -0.4 is 4.90 Å². The van der Waals surface area contributed by atoms with Crippen LogP contribution in [0.15, 0.2) is 28.1 Å². The van der Waals surface area contributed by atoms with Gasteiger partial charge in [0.25, 0.3) is 0 Å². The van der Waals surface area contributed by atoms with Crippen LogP contribution in [0.5, 0.6) is 0 Å². The van der Waals surface area contributed by atoms with Crippen molar-refractivity contribution in [3.05, 3.63) is 23.8 Å². The molecule has 1 heterocycles. The molecule has 0 saturated heterocycles. The summed E-state index contributed by atoms with van der Waals surface area (Å²) in [6, 6.07) is 6.56. The normalized spacial score (nSPS) is 15.1. The van der Waals surface area contributed by atoms with E-state index in [4.69, 9.17) is 0 Å². The first-order valence-corrected chi connectivity index (χ1v) is 5.95. The predicted molar refractivity (Wildman–Crippen MR) is 63.7 cm³/mol. The van der Waals surface area contributed by atoms with Crippen molar-refractivity contribution in [3.63, 3.8) is 0 Å². The molecule has 1 aromatic rings. The van der Waals surface area contributed by atoms with E-state index >= 15 is 0 Å². The number of nitrogens with zero attached hydrogens (tertiary/aromatic N) is 2. The molecule has 0 radical (unpaired) electrons. The maximum absolute atomic E-state index is 4.23. The molecule has 0 aliphatic carbocycles. The summed E-state index contributed by atoms with van der Waals surface area (Å²) in [5.74, 6) is 0.